The normalized spacial score (nSPS) is 28.1. The maximum Gasteiger partial charge on any atom is 0.337 e. The first-order valence-corrected chi connectivity index (χ1v) is 6.80. The van der Waals surface area contributed by atoms with E-state index >= 15 is 0 Å². The van der Waals surface area contributed by atoms with Crippen molar-refractivity contribution in [3.63, 3.8) is 0 Å². The molecule has 1 saturated heterocycles. The summed E-state index contributed by atoms with van der Waals surface area (Å²) >= 11 is 0. The molecule has 0 bridgehead atoms. The van der Waals surface area contributed by atoms with Crippen LogP contribution in [0.5, 0.6) is 0 Å². The third kappa shape index (κ3) is 2.02. The highest BCUT2D eigenvalue weighted by Gasteiger charge is 2.52. The van der Waals surface area contributed by atoms with Crippen LogP contribution in [0.25, 0.3) is 0 Å². The Bertz CT molecular complexity index is 633. The molecule has 1 aliphatic heterocycles. The average Bonchev–Trinajstić information content (AvgIpc) is 2.89. The third-order valence-electron chi connectivity index (χ3n) is 4.30. The van der Waals surface area contributed by atoms with Gasteiger partial charge in [0, 0.05) is 0 Å². The van der Waals surface area contributed by atoms with Crippen molar-refractivity contribution in [1.82, 2.24) is 0 Å². The van der Waals surface area contributed by atoms with Crippen LogP contribution < -0.4 is 4.90 Å². The SMILES string of the molecule is CC1CC2C(=O)N(c3cc(F)ccc3C(=O)O)C(=O)C2C1. The number of aromatic carboxylic acids is 1. The molecular weight excluding hydrogens is 277 g/mol. The quantitative estimate of drug-likeness (QED) is 0.846. The molecular formula is C15H14FNO4. The summed E-state index contributed by atoms with van der Waals surface area (Å²) in [6, 6.07) is 3.01. The van der Waals surface area contributed by atoms with Gasteiger partial charge in [-0.3, -0.25) is 9.59 Å². The lowest BCUT2D eigenvalue weighted by molar-refractivity contribution is -0.123. The molecule has 2 atom stereocenters. The number of hydrogen-bond donors (Lipinski definition) is 1. The van der Waals surface area contributed by atoms with Crippen molar-refractivity contribution < 1.29 is 23.9 Å². The molecule has 2 unspecified atom stereocenters. The molecule has 6 heteroatoms. The topological polar surface area (TPSA) is 74.7 Å². The lowest BCUT2D eigenvalue weighted by Crippen LogP contribution is -2.33. The van der Waals surface area contributed by atoms with Gasteiger partial charge in [-0.2, -0.15) is 0 Å². The fourth-order valence-electron chi connectivity index (χ4n) is 3.39. The van der Waals surface area contributed by atoms with Gasteiger partial charge in [0.25, 0.3) is 0 Å². The second-order valence-corrected chi connectivity index (χ2v) is 5.77. The maximum atomic E-state index is 13.4. The van der Waals surface area contributed by atoms with Crippen LogP contribution in [0.4, 0.5) is 10.1 Å². The van der Waals surface area contributed by atoms with Gasteiger partial charge in [-0.1, -0.05) is 6.92 Å². The molecule has 21 heavy (non-hydrogen) atoms. The number of fused-ring (bicyclic) bond motifs is 1. The monoisotopic (exact) mass is 291 g/mol. The molecule has 2 amide bonds. The van der Waals surface area contributed by atoms with E-state index in [2.05, 4.69) is 0 Å². The number of amides is 2. The van der Waals surface area contributed by atoms with Crippen molar-refractivity contribution in [2.75, 3.05) is 4.90 Å². The first-order valence-electron chi connectivity index (χ1n) is 6.80. The minimum Gasteiger partial charge on any atom is -0.478 e. The Morgan fingerprint density at radius 1 is 1.24 bits per heavy atom. The highest BCUT2D eigenvalue weighted by Crippen LogP contribution is 2.44. The number of nitrogens with zero attached hydrogens (tertiary/aromatic N) is 1. The minimum absolute atomic E-state index is 0.167. The van der Waals surface area contributed by atoms with Gasteiger partial charge in [-0.25, -0.2) is 14.1 Å². The molecule has 3 rings (SSSR count). The summed E-state index contributed by atoms with van der Waals surface area (Å²) in [7, 11) is 0. The minimum atomic E-state index is -1.30. The highest BCUT2D eigenvalue weighted by molar-refractivity contribution is 6.24. The molecule has 0 aromatic heterocycles. The first kappa shape index (κ1) is 13.7. The van der Waals surface area contributed by atoms with E-state index < -0.39 is 35.4 Å². The summed E-state index contributed by atoms with van der Waals surface area (Å²) in [6.07, 6.45) is 1.23. The number of anilines is 1. The van der Waals surface area contributed by atoms with Crippen molar-refractivity contribution in [1.29, 1.82) is 0 Å². The summed E-state index contributed by atoms with van der Waals surface area (Å²) in [4.78, 5) is 36.9. The van der Waals surface area contributed by atoms with E-state index in [4.69, 9.17) is 5.11 Å². The van der Waals surface area contributed by atoms with Crippen molar-refractivity contribution in [2.45, 2.75) is 19.8 Å². The maximum absolute atomic E-state index is 13.4. The van der Waals surface area contributed by atoms with Gasteiger partial charge in [0.1, 0.15) is 5.82 Å². The Hall–Kier alpha value is -2.24. The molecule has 0 spiro atoms. The zero-order valence-electron chi connectivity index (χ0n) is 11.4. The molecule has 1 heterocycles. The predicted octanol–water partition coefficient (Wildman–Crippen LogP) is 2.06. The Morgan fingerprint density at radius 3 is 2.33 bits per heavy atom. The van der Waals surface area contributed by atoms with Crippen LogP contribution in [0, 0.1) is 23.6 Å². The first-order chi connectivity index (χ1) is 9.90. The predicted molar refractivity (Wildman–Crippen MR) is 71.2 cm³/mol. The van der Waals surface area contributed by atoms with Crippen molar-refractivity contribution in [3.05, 3.63) is 29.6 Å². The Labute approximate surface area is 120 Å². The largest absolute Gasteiger partial charge is 0.478 e. The smallest absolute Gasteiger partial charge is 0.337 e. The van der Waals surface area contributed by atoms with E-state index in [1.54, 1.807) is 0 Å². The zero-order chi connectivity index (χ0) is 15.3. The lowest BCUT2D eigenvalue weighted by Gasteiger charge is -2.19. The lowest BCUT2D eigenvalue weighted by atomic mass is 10.00. The second-order valence-electron chi connectivity index (χ2n) is 5.77. The van der Waals surface area contributed by atoms with Crippen LogP contribution in [0.15, 0.2) is 18.2 Å². The number of carboxylic acids is 1. The number of carbonyl (C=O) groups is 3. The van der Waals surface area contributed by atoms with Gasteiger partial charge in [-0.05, 0) is 37.0 Å². The highest BCUT2D eigenvalue weighted by atomic mass is 19.1. The van der Waals surface area contributed by atoms with Gasteiger partial charge in [0.2, 0.25) is 11.8 Å². The van der Waals surface area contributed by atoms with Gasteiger partial charge in [0.15, 0.2) is 0 Å². The van der Waals surface area contributed by atoms with E-state index in [9.17, 15) is 18.8 Å². The average molecular weight is 291 g/mol. The molecule has 1 N–H and O–H groups in total. The Morgan fingerprint density at radius 2 is 1.81 bits per heavy atom. The number of halogens is 1. The number of carbonyl (C=O) groups excluding carboxylic acids is 2. The number of hydrogen-bond acceptors (Lipinski definition) is 3. The number of rotatable bonds is 2. The summed E-state index contributed by atoms with van der Waals surface area (Å²) in [6.45, 7) is 1.98. The molecule has 0 radical (unpaired) electrons. The van der Waals surface area contributed by atoms with Crippen molar-refractivity contribution in [2.24, 2.45) is 17.8 Å². The fraction of sp³-hybridized carbons (Fsp3) is 0.400. The Balaban J connectivity index is 2.06. The number of carboxylic acid groups (broad SMARTS) is 1. The molecule has 1 aromatic rings. The molecule has 1 aromatic carbocycles. The van der Waals surface area contributed by atoms with E-state index in [0.29, 0.717) is 18.8 Å². The number of benzene rings is 1. The van der Waals surface area contributed by atoms with Crippen LogP contribution in [0.2, 0.25) is 0 Å². The van der Waals surface area contributed by atoms with Gasteiger partial charge in [0.05, 0.1) is 23.1 Å². The van der Waals surface area contributed by atoms with Crippen LogP contribution in [0.1, 0.15) is 30.1 Å². The summed E-state index contributed by atoms with van der Waals surface area (Å²) < 4.78 is 13.4. The summed E-state index contributed by atoms with van der Waals surface area (Å²) in [5.41, 5.74) is -0.411. The van der Waals surface area contributed by atoms with E-state index in [1.165, 1.54) is 0 Å². The van der Waals surface area contributed by atoms with Crippen LogP contribution in [0.3, 0.4) is 0 Å². The fourth-order valence-corrected chi connectivity index (χ4v) is 3.39. The summed E-state index contributed by atoms with van der Waals surface area (Å²) in [5, 5.41) is 9.16. The van der Waals surface area contributed by atoms with Crippen LogP contribution in [-0.2, 0) is 9.59 Å². The molecule has 2 aliphatic rings. The van der Waals surface area contributed by atoms with Gasteiger partial charge < -0.3 is 5.11 Å². The van der Waals surface area contributed by atoms with E-state index in [1.807, 2.05) is 6.92 Å². The van der Waals surface area contributed by atoms with Crippen molar-refractivity contribution >= 4 is 23.5 Å². The summed E-state index contributed by atoms with van der Waals surface area (Å²) in [5.74, 6) is -3.32. The third-order valence-corrected chi connectivity index (χ3v) is 4.30. The van der Waals surface area contributed by atoms with Gasteiger partial charge >= 0.3 is 5.97 Å². The Kier molecular flexibility index (Phi) is 3.04. The standard InChI is InChI=1S/C15H14FNO4/c1-7-4-10-11(5-7)14(19)17(13(10)18)12-6-8(16)2-3-9(12)15(20)21/h2-3,6-7,10-11H,4-5H2,1H3,(H,20,21). The van der Waals surface area contributed by atoms with Gasteiger partial charge in [-0.15, -0.1) is 0 Å². The van der Waals surface area contributed by atoms with Crippen LogP contribution in [-0.4, -0.2) is 22.9 Å². The van der Waals surface area contributed by atoms with Crippen molar-refractivity contribution in [3.8, 4) is 0 Å². The molecule has 110 valence electrons. The molecule has 1 saturated carbocycles. The molecule has 1 aliphatic carbocycles. The number of imide groups is 1. The van der Waals surface area contributed by atoms with E-state index in [-0.39, 0.29) is 11.3 Å². The molecule has 5 nitrogen and oxygen atoms in total. The second kappa shape index (κ2) is 4.65. The zero-order valence-corrected chi connectivity index (χ0v) is 11.4. The van der Waals surface area contributed by atoms with Crippen LogP contribution >= 0.6 is 0 Å². The van der Waals surface area contributed by atoms with E-state index in [0.717, 1.165) is 23.1 Å². The molecule has 2 fully saturated rings.